The summed E-state index contributed by atoms with van der Waals surface area (Å²) in [6.45, 7) is 5.40. The van der Waals surface area contributed by atoms with Gasteiger partial charge in [0.15, 0.2) is 11.5 Å². The molecule has 140 valence electrons. The van der Waals surface area contributed by atoms with Crippen LogP contribution in [0.25, 0.3) is 0 Å². The normalized spacial score (nSPS) is 13.5. The van der Waals surface area contributed by atoms with Gasteiger partial charge < -0.3 is 14.8 Å². The number of nitrogens with zero attached hydrogens (tertiary/aromatic N) is 2. The molecule has 0 radical (unpaired) electrons. The molecular weight excluding hydrogens is 374 g/mol. The van der Waals surface area contributed by atoms with Gasteiger partial charge in [-0.3, -0.25) is 4.79 Å². The maximum Gasteiger partial charge on any atom is 0.230 e. The molecule has 0 saturated heterocycles. The molecule has 1 amide bonds. The molecule has 0 saturated carbocycles. The molecule has 1 aliphatic heterocycles. The third-order valence-electron chi connectivity index (χ3n) is 4.25. The van der Waals surface area contributed by atoms with Crippen molar-refractivity contribution in [2.24, 2.45) is 0 Å². The smallest absolute Gasteiger partial charge is 0.230 e. The van der Waals surface area contributed by atoms with E-state index in [-0.39, 0.29) is 12.3 Å². The Morgan fingerprint density at radius 2 is 2.04 bits per heavy atom. The lowest BCUT2D eigenvalue weighted by atomic mass is 10.1. The Morgan fingerprint density at radius 1 is 1.27 bits per heavy atom. The standard InChI is InChI=1S/C18H22ClN3O3S/c1-3-12(4-2)17-21-22-18(26-17)20-15(23)10-11-8-13(19)16-14(9-11)24-6-5-7-25-16/h8-9,12H,3-7,10H2,1-2H3,(H,20,22,23). The molecule has 3 rings (SSSR count). The molecule has 0 bridgehead atoms. The van der Waals surface area contributed by atoms with E-state index in [4.69, 9.17) is 21.1 Å². The van der Waals surface area contributed by atoms with Crippen molar-refractivity contribution < 1.29 is 14.3 Å². The summed E-state index contributed by atoms with van der Waals surface area (Å²) < 4.78 is 11.3. The topological polar surface area (TPSA) is 73.3 Å². The van der Waals surface area contributed by atoms with Crippen molar-refractivity contribution in [3.8, 4) is 11.5 Å². The lowest BCUT2D eigenvalue weighted by Crippen LogP contribution is -2.14. The van der Waals surface area contributed by atoms with Crippen LogP contribution >= 0.6 is 22.9 Å². The Hall–Kier alpha value is -1.86. The van der Waals surface area contributed by atoms with Gasteiger partial charge in [-0.1, -0.05) is 36.8 Å². The molecule has 0 spiro atoms. The molecular formula is C18H22ClN3O3S. The van der Waals surface area contributed by atoms with Crippen molar-refractivity contribution in [3.05, 3.63) is 27.7 Å². The van der Waals surface area contributed by atoms with E-state index in [2.05, 4.69) is 29.4 Å². The monoisotopic (exact) mass is 395 g/mol. The lowest BCUT2D eigenvalue weighted by molar-refractivity contribution is -0.115. The zero-order valence-electron chi connectivity index (χ0n) is 14.9. The summed E-state index contributed by atoms with van der Waals surface area (Å²) in [5.41, 5.74) is 0.765. The van der Waals surface area contributed by atoms with E-state index in [1.807, 2.05) is 6.07 Å². The van der Waals surface area contributed by atoms with Crippen molar-refractivity contribution in [2.75, 3.05) is 18.5 Å². The van der Waals surface area contributed by atoms with Crippen LogP contribution in [0, 0.1) is 0 Å². The van der Waals surface area contributed by atoms with Crippen molar-refractivity contribution in [3.63, 3.8) is 0 Å². The molecule has 2 heterocycles. The number of hydrogen-bond donors (Lipinski definition) is 1. The molecule has 0 aliphatic carbocycles. The summed E-state index contributed by atoms with van der Waals surface area (Å²) in [6, 6.07) is 3.55. The Morgan fingerprint density at radius 3 is 2.81 bits per heavy atom. The Kier molecular flexibility index (Phi) is 6.32. The van der Waals surface area contributed by atoms with Crippen molar-refractivity contribution in [1.82, 2.24) is 10.2 Å². The highest BCUT2D eigenvalue weighted by atomic mass is 35.5. The van der Waals surface area contributed by atoms with Gasteiger partial charge in [0.05, 0.1) is 24.7 Å². The second-order valence-electron chi connectivity index (χ2n) is 6.14. The fourth-order valence-electron chi connectivity index (χ4n) is 2.82. The Balaban J connectivity index is 1.67. The fraction of sp³-hybridized carbons (Fsp3) is 0.500. The summed E-state index contributed by atoms with van der Waals surface area (Å²) in [4.78, 5) is 12.4. The minimum atomic E-state index is -0.164. The van der Waals surface area contributed by atoms with Crippen molar-refractivity contribution in [1.29, 1.82) is 0 Å². The SMILES string of the molecule is CCC(CC)c1nnc(NC(=O)Cc2cc(Cl)c3c(c2)OCCCO3)s1. The molecule has 1 aromatic heterocycles. The number of ether oxygens (including phenoxy) is 2. The first-order chi connectivity index (χ1) is 12.6. The van der Waals surface area contributed by atoms with Gasteiger partial charge in [0.1, 0.15) is 5.01 Å². The number of rotatable bonds is 6. The van der Waals surface area contributed by atoms with Crippen LogP contribution in [-0.4, -0.2) is 29.3 Å². The highest BCUT2D eigenvalue weighted by Crippen LogP contribution is 2.38. The van der Waals surface area contributed by atoms with Crippen LogP contribution in [-0.2, 0) is 11.2 Å². The van der Waals surface area contributed by atoms with Gasteiger partial charge in [-0.05, 0) is 30.5 Å². The average Bonchev–Trinajstić information content (AvgIpc) is 2.91. The summed E-state index contributed by atoms with van der Waals surface area (Å²) >= 11 is 7.71. The number of carbonyl (C=O) groups excluding carboxylic acids is 1. The molecule has 1 N–H and O–H groups in total. The van der Waals surface area contributed by atoms with Gasteiger partial charge in [0.2, 0.25) is 11.0 Å². The van der Waals surface area contributed by atoms with Gasteiger partial charge in [-0.25, -0.2) is 0 Å². The Labute approximate surface area is 161 Å². The maximum absolute atomic E-state index is 12.4. The molecule has 1 aromatic carbocycles. The zero-order valence-corrected chi connectivity index (χ0v) is 16.5. The number of benzene rings is 1. The summed E-state index contributed by atoms with van der Waals surface area (Å²) in [5.74, 6) is 1.36. The number of nitrogens with one attached hydrogen (secondary N) is 1. The largest absolute Gasteiger partial charge is 0.489 e. The zero-order chi connectivity index (χ0) is 18.5. The third-order valence-corrected chi connectivity index (χ3v) is 5.53. The summed E-state index contributed by atoms with van der Waals surface area (Å²) in [5, 5.41) is 13.0. The highest BCUT2D eigenvalue weighted by molar-refractivity contribution is 7.15. The average molecular weight is 396 g/mol. The van der Waals surface area contributed by atoms with E-state index in [0.29, 0.717) is 40.8 Å². The van der Waals surface area contributed by atoms with Crippen LogP contribution in [0.4, 0.5) is 5.13 Å². The molecule has 0 fully saturated rings. The van der Waals surface area contributed by atoms with Gasteiger partial charge in [0.25, 0.3) is 0 Å². The molecule has 2 aromatic rings. The predicted octanol–water partition coefficient (Wildman–Crippen LogP) is 4.44. The quantitative estimate of drug-likeness (QED) is 0.782. The van der Waals surface area contributed by atoms with Crippen molar-refractivity contribution >= 4 is 34.0 Å². The summed E-state index contributed by atoms with van der Waals surface area (Å²) in [7, 11) is 0. The molecule has 26 heavy (non-hydrogen) atoms. The lowest BCUT2D eigenvalue weighted by Gasteiger charge is -2.11. The van der Waals surface area contributed by atoms with E-state index in [9.17, 15) is 4.79 Å². The van der Waals surface area contributed by atoms with Crippen LogP contribution in [0.5, 0.6) is 11.5 Å². The molecule has 6 nitrogen and oxygen atoms in total. The van der Waals surface area contributed by atoms with Crippen LogP contribution < -0.4 is 14.8 Å². The number of halogens is 1. The van der Waals surface area contributed by atoms with Gasteiger partial charge >= 0.3 is 0 Å². The summed E-state index contributed by atoms with van der Waals surface area (Å²) in [6.07, 6.45) is 3.00. The van der Waals surface area contributed by atoms with Crippen molar-refractivity contribution in [2.45, 2.75) is 45.4 Å². The van der Waals surface area contributed by atoms with Crippen LogP contribution in [0.15, 0.2) is 12.1 Å². The second kappa shape index (κ2) is 8.68. The van der Waals surface area contributed by atoms with E-state index in [1.54, 1.807) is 6.07 Å². The Bertz CT molecular complexity index is 777. The number of anilines is 1. The van der Waals surface area contributed by atoms with Gasteiger partial charge in [0, 0.05) is 12.3 Å². The predicted molar refractivity (Wildman–Crippen MR) is 103 cm³/mol. The molecule has 0 unspecified atom stereocenters. The maximum atomic E-state index is 12.4. The first kappa shape index (κ1) is 18.9. The minimum absolute atomic E-state index is 0.164. The van der Waals surface area contributed by atoms with Crippen LogP contribution in [0.1, 0.15) is 49.6 Å². The molecule has 1 aliphatic rings. The minimum Gasteiger partial charge on any atom is -0.489 e. The van der Waals surface area contributed by atoms with E-state index >= 15 is 0 Å². The number of aromatic nitrogens is 2. The molecule has 0 atom stereocenters. The van der Waals surface area contributed by atoms with Crippen LogP contribution in [0.3, 0.4) is 0 Å². The number of carbonyl (C=O) groups is 1. The van der Waals surface area contributed by atoms with E-state index in [1.165, 1.54) is 11.3 Å². The third kappa shape index (κ3) is 4.45. The number of fused-ring (bicyclic) bond motifs is 1. The second-order valence-corrected chi connectivity index (χ2v) is 7.56. The first-order valence-electron chi connectivity index (χ1n) is 8.82. The fourth-order valence-corrected chi connectivity index (χ4v) is 4.14. The number of hydrogen-bond acceptors (Lipinski definition) is 6. The van der Waals surface area contributed by atoms with E-state index in [0.717, 1.165) is 29.8 Å². The van der Waals surface area contributed by atoms with Gasteiger partial charge in [-0.15, -0.1) is 10.2 Å². The van der Waals surface area contributed by atoms with E-state index < -0.39 is 0 Å². The highest BCUT2D eigenvalue weighted by Gasteiger charge is 2.18. The van der Waals surface area contributed by atoms with Crippen LogP contribution in [0.2, 0.25) is 5.02 Å². The van der Waals surface area contributed by atoms with Gasteiger partial charge in [-0.2, -0.15) is 0 Å². The molecule has 8 heteroatoms. The first-order valence-corrected chi connectivity index (χ1v) is 10.0. The number of amides is 1.